The van der Waals surface area contributed by atoms with Gasteiger partial charge in [-0.25, -0.2) is 0 Å². The van der Waals surface area contributed by atoms with E-state index in [0.717, 1.165) is 11.1 Å². The zero-order valence-electron chi connectivity index (χ0n) is 11.3. The third-order valence-electron chi connectivity index (χ3n) is 2.77. The Morgan fingerprint density at radius 3 is 2.50 bits per heavy atom. The van der Waals surface area contributed by atoms with E-state index in [0.29, 0.717) is 18.0 Å². The summed E-state index contributed by atoms with van der Waals surface area (Å²) in [6.45, 7) is 1.95. The van der Waals surface area contributed by atoms with Crippen molar-refractivity contribution in [1.82, 2.24) is 0 Å². The molecule has 0 bridgehead atoms. The van der Waals surface area contributed by atoms with Crippen LogP contribution in [0.3, 0.4) is 0 Å². The van der Waals surface area contributed by atoms with Crippen LogP contribution in [0.5, 0.6) is 5.75 Å². The summed E-state index contributed by atoms with van der Waals surface area (Å²) in [6.07, 6.45) is 0. The van der Waals surface area contributed by atoms with Crippen molar-refractivity contribution in [3.05, 3.63) is 59.7 Å². The van der Waals surface area contributed by atoms with E-state index >= 15 is 0 Å². The van der Waals surface area contributed by atoms with E-state index in [-0.39, 0.29) is 12.5 Å². The normalized spacial score (nSPS) is 10.1. The quantitative estimate of drug-likeness (QED) is 0.879. The molecule has 0 radical (unpaired) electrons. The Bertz CT molecular complexity index is 579. The first kappa shape index (κ1) is 14.1. The molecule has 1 amide bonds. The van der Waals surface area contributed by atoms with Gasteiger partial charge in [0, 0.05) is 18.7 Å². The standard InChI is InChI=1S/C16H17NO3/c1-12(19)17-15-3-2-4-16(9-15)20-11-14-7-5-13(10-18)6-8-14/h2-9,18H,10-11H2,1H3,(H,17,19). The Morgan fingerprint density at radius 2 is 1.85 bits per heavy atom. The van der Waals surface area contributed by atoms with E-state index in [2.05, 4.69) is 5.32 Å². The van der Waals surface area contributed by atoms with E-state index < -0.39 is 0 Å². The van der Waals surface area contributed by atoms with Crippen molar-refractivity contribution in [1.29, 1.82) is 0 Å². The number of aliphatic hydroxyl groups is 1. The van der Waals surface area contributed by atoms with Crippen molar-refractivity contribution in [2.45, 2.75) is 20.1 Å². The Balaban J connectivity index is 1.97. The molecule has 2 rings (SSSR count). The van der Waals surface area contributed by atoms with Crippen LogP contribution in [0.1, 0.15) is 18.1 Å². The molecule has 4 nitrogen and oxygen atoms in total. The van der Waals surface area contributed by atoms with Crippen LogP contribution in [0.15, 0.2) is 48.5 Å². The minimum atomic E-state index is -0.109. The Labute approximate surface area is 118 Å². The molecular weight excluding hydrogens is 254 g/mol. The van der Waals surface area contributed by atoms with E-state index in [4.69, 9.17) is 9.84 Å². The largest absolute Gasteiger partial charge is 0.489 e. The second-order valence-electron chi connectivity index (χ2n) is 4.47. The van der Waals surface area contributed by atoms with Crippen LogP contribution >= 0.6 is 0 Å². The summed E-state index contributed by atoms with van der Waals surface area (Å²) in [5, 5.41) is 11.7. The molecule has 0 unspecified atom stereocenters. The van der Waals surface area contributed by atoms with Crippen molar-refractivity contribution in [3.8, 4) is 5.75 Å². The highest BCUT2D eigenvalue weighted by atomic mass is 16.5. The fourth-order valence-electron chi connectivity index (χ4n) is 1.77. The maximum absolute atomic E-state index is 11.0. The van der Waals surface area contributed by atoms with Gasteiger partial charge in [0.05, 0.1) is 6.61 Å². The zero-order valence-corrected chi connectivity index (χ0v) is 11.3. The lowest BCUT2D eigenvalue weighted by atomic mass is 10.1. The summed E-state index contributed by atoms with van der Waals surface area (Å²) >= 11 is 0. The highest BCUT2D eigenvalue weighted by Gasteiger charge is 2.00. The molecular formula is C16H17NO3. The maximum atomic E-state index is 11.0. The highest BCUT2D eigenvalue weighted by molar-refractivity contribution is 5.88. The van der Waals surface area contributed by atoms with Crippen LogP contribution in [0, 0.1) is 0 Å². The molecule has 2 N–H and O–H groups in total. The first-order valence-corrected chi connectivity index (χ1v) is 6.36. The molecule has 0 aliphatic heterocycles. The van der Waals surface area contributed by atoms with Gasteiger partial charge in [0.15, 0.2) is 0 Å². The van der Waals surface area contributed by atoms with Gasteiger partial charge >= 0.3 is 0 Å². The Hall–Kier alpha value is -2.33. The van der Waals surface area contributed by atoms with Crippen molar-refractivity contribution >= 4 is 11.6 Å². The first-order chi connectivity index (χ1) is 9.67. The van der Waals surface area contributed by atoms with Gasteiger partial charge in [-0.3, -0.25) is 4.79 Å². The summed E-state index contributed by atoms with van der Waals surface area (Å²) in [5.74, 6) is 0.587. The van der Waals surface area contributed by atoms with Crippen LogP contribution in [0.4, 0.5) is 5.69 Å². The molecule has 4 heteroatoms. The molecule has 20 heavy (non-hydrogen) atoms. The van der Waals surface area contributed by atoms with Crippen LogP contribution < -0.4 is 10.1 Å². The average Bonchev–Trinajstić information content (AvgIpc) is 2.45. The van der Waals surface area contributed by atoms with Crippen molar-refractivity contribution in [2.75, 3.05) is 5.32 Å². The number of ether oxygens (including phenoxy) is 1. The third-order valence-corrected chi connectivity index (χ3v) is 2.77. The zero-order chi connectivity index (χ0) is 14.4. The van der Waals surface area contributed by atoms with Crippen molar-refractivity contribution < 1.29 is 14.6 Å². The number of carbonyl (C=O) groups is 1. The minimum Gasteiger partial charge on any atom is -0.489 e. The van der Waals surface area contributed by atoms with Gasteiger partial charge in [0.1, 0.15) is 12.4 Å². The topological polar surface area (TPSA) is 58.6 Å². The van der Waals surface area contributed by atoms with Gasteiger partial charge in [0.2, 0.25) is 5.91 Å². The molecule has 2 aromatic rings. The summed E-state index contributed by atoms with van der Waals surface area (Å²) in [7, 11) is 0. The number of benzene rings is 2. The molecule has 0 aliphatic rings. The number of carbonyl (C=O) groups excluding carboxylic acids is 1. The smallest absolute Gasteiger partial charge is 0.221 e. The number of hydrogen-bond acceptors (Lipinski definition) is 3. The lowest BCUT2D eigenvalue weighted by Crippen LogP contribution is -2.05. The van der Waals surface area contributed by atoms with Crippen LogP contribution in [0.25, 0.3) is 0 Å². The predicted octanol–water partition coefficient (Wildman–Crippen LogP) is 2.72. The number of anilines is 1. The molecule has 0 aliphatic carbocycles. The fourth-order valence-corrected chi connectivity index (χ4v) is 1.77. The van der Waals surface area contributed by atoms with Crippen LogP contribution in [-0.2, 0) is 18.0 Å². The van der Waals surface area contributed by atoms with Crippen LogP contribution in [0.2, 0.25) is 0 Å². The highest BCUT2D eigenvalue weighted by Crippen LogP contribution is 2.18. The van der Waals surface area contributed by atoms with Gasteiger partial charge in [-0.1, -0.05) is 30.3 Å². The summed E-state index contributed by atoms with van der Waals surface area (Å²) < 4.78 is 5.67. The lowest BCUT2D eigenvalue weighted by Gasteiger charge is -2.09. The predicted molar refractivity (Wildman–Crippen MR) is 77.4 cm³/mol. The van der Waals surface area contributed by atoms with Crippen molar-refractivity contribution in [2.24, 2.45) is 0 Å². The minimum absolute atomic E-state index is 0.0416. The maximum Gasteiger partial charge on any atom is 0.221 e. The molecule has 0 atom stereocenters. The van der Waals surface area contributed by atoms with Crippen molar-refractivity contribution in [3.63, 3.8) is 0 Å². The van der Waals surface area contributed by atoms with E-state index in [1.54, 1.807) is 6.07 Å². The molecule has 0 saturated heterocycles. The molecule has 0 aromatic heterocycles. The molecule has 0 fully saturated rings. The summed E-state index contributed by atoms with van der Waals surface area (Å²) in [6, 6.07) is 14.8. The summed E-state index contributed by atoms with van der Waals surface area (Å²) in [5.41, 5.74) is 2.61. The van der Waals surface area contributed by atoms with Gasteiger partial charge in [-0.05, 0) is 23.3 Å². The van der Waals surface area contributed by atoms with E-state index in [1.165, 1.54) is 6.92 Å². The lowest BCUT2D eigenvalue weighted by molar-refractivity contribution is -0.114. The van der Waals surface area contributed by atoms with E-state index in [9.17, 15) is 4.79 Å². The van der Waals surface area contributed by atoms with Gasteiger partial charge < -0.3 is 15.2 Å². The van der Waals surface area contributed by atoms with Gasteiger partial charge in [0.25, 0.3) is 0 Å². The second kappa shape index (κ2) is 6.73. The number of aliphatic hydroxyl groups excluding tert-OH is 1. The number of nitrogens with one attached hydrogen (secondary N) is 1. The van der Waals surface area contributed by atoms with Gasteiger partial charge in [-0.2, -0.15) is 0 Å². The van der Waals surface area contributed by atoms with Gasteiger partial charge in [-0.15, -0.1) is 0 Å². The Morgan fingerprint density at radius 1 is 1.15 bits per heavy atom. The molecule has 0 spiro atoms. The molecule has 0 heterocycles. The molecule has 2 aromatic carbocycles. The second-order valence-corrected chi connectivity index (χ2v) is 4.47. The number of amides is 1. The fraction of sp³-hybridized carbons (Fsp3) is 0.188. The third kappa shape index (κ3) is 4.10. The average molecular weight is 271 g/mol. The number of rotatable bonds is 5. The monoisotopic (exact) mass is 271 g/mol. The molecule has 0 saturated carbocycles. The SMILES string of the molecule is CC(=O)Nc1cccc(OCc2ccc(CO)cc2)c1. The van der Waals surface area contributed by atoms with Crippen LogP contribution in [-0.4, -0.2) is 11.0 Å². The number of hydrogen-bond donors (Lipinski definition) is 2. The van der Waals surface area contributed by atoms with E-state index in [1.807, 2.05) is 42.5 Å². The first-order valence-electron chi connectivity index (χ1n) is 6.36. The Kier molecular flexibility index (Phi) is 4.74. The molecule has 104 valence electrons. The summed E-state index contributed by atoms with van der Waals surface area (Å²) in [4.78, 5) is 11.0.